The normalized spacial score (nSPS) is 13.4. The summed E-state index contributed by atoms with van der Waals surface area (Å²) in [6.45, 7) is 3.50. The Balaban J connectivity index is 2.19. The van der Waals surface area contributed by atoms with E-state index in [1.165, 1.54) is 12.6 Å². The van der Waals surface area contributed by atoms with Crippen molar-refractivity contribution in [3.63, 3.8) is 0 Å². The van der Waals surface area contributed by atoms with E-state index in [2.05, 4.69) is 29.1 Å². The van der Waals surface area contributed by atoms with Crippen molar-refractivity contribution in [2.75, 3.05) is 25.9 Å². The quantitative estimate of drug-likeness (QED) is 0.700. The van der Waals surface area contributed by atoms with Crippen LogP contribution in [-0.4, -0.2) is 34.3 Å². The Morgan fingerprint density at radius 3 is 2.44 bits per heavy atom. The molecule has 18 heavy (non-hydrogen) atoms. The lowest BCUT2D eigenvalue weighted by Crippen LogP contribution is -2.30. The third-order valence-electron chi connectivity index (χ3n) is 2.98. The lowest BCUT2D eigenvalue weighted by atomic mass is 9.98. The summed E-state index contributed by atoms with van der Waals surface area (Å²) in [5.41, 5.74) is 1.32. The molecule has 4 nitrogen and oxygen atoms in total. The van der Waals surface area contributed by atoms with Crippen LogP contribution in [0.1, 0.15) is 24.8 Å². The predicted molar refractivity (Wildman–Crippen MR) is 75.2 cm³/mol. The largest absolute Gasteiger partial charge is 0.316 e. The zero-order valence-corrected chi connectivity index (χ0v) is 11.8. The Labute approximate surface area is 110 Å². The molecular formula is C13H22N2O2S. The second kappa shape index (κ2) is 7.51. The lowest BCUT2D eigenvalue weighted by molar-refractivity contribution is 0.575. The molecule has 1 aromatic rings. The highest BCUT2D eigenvalue weighted by atomic mass is 32.2. The minimum Gasteiger partial charge on any atom is -0.316 e. The van der Waals surface area contributed by atoms with Crippen LogP contribution in [0.2, 0.25) is 0 Å². The molecule has 0 heterocycles. The maximum Gasteiger partial charge on any atom is 0.212 e. The first-order valence-corrected chi connectivity index (χ1v) is 7.87. The zero-order chi connectivity index (χ0) is 13.4. The fourth-order valence-electron chi connectivity index (χ4n) is 1.70. The van der Waals surface area contributed by atoms with Gasteiger partial charge >= 0.3 is 0 Å². The molecule has 5 heteroatoms. The highest BCUT2D eigenvalue weighted by Gasteiger charge is 2.07. The molecular weight excluding hydrogens is 248 g/mol. The minimum atomic E-state index is -3.08. The molecule has 0 saturated heterocycles. The van der Waals surface area contributed by atoms with Gasteiger partial charge in [-0.2, -0.15) is 0 Å². The molecule has 0 aromatic heterocycles. The summed E-state index contributed by atoms with van der Waals surface area (Å²) >= 11 is 0. The Bertz CT molecular complexity index is 432. The van der Waals surface area contributed by atoms with Gasteiger partial charge in [0, 0.05) is 6.54 Å². The van der Waals surface area contributed by atoms with Gasteiger partial charge in [-0.05, 0) is 31.5 Å². The maximum absolute atomic E-state index is 11.2. The van der Waals surface area contributed by atoms with Gasteiger partial charge in [0.1, 0.15) is 0 Å². The fraction of sp³-hybridized carbons (Fsp3) is 0.538. The Morgan fingerprint density at radius 2 is 1.83 bits per heavy atom. The summed E-state index contributed by atoms with van der Waals surface area (Å²) in [6.07, 6.45) is 1.00. The first-order valence-electron chi connectivity index (χ1n) is 6.22. The first-order chi connectivity index (χ1) is 8.55. The number of hydrogen-bond donors (Lipinski definition) is 2. The van der Waals surface area contributed by atoms with Crippen LogP contribution < -0.4 is 10.0 Å². The molecule has 2 N–H and O–H groups in total. The number of benzene rings is 1. The molecule has 0 aliphatic heterocycles. The highest BCUT2D eigenvalue weighted by Crippen LogP contribution is 2.17. The second-order valence-electron chi connectivity index (χ2n) is 4.37. The van der Waals surface area contributed by atoms with Crippen LogP contribution in [-0.2, 0) is 10.0 Å². The summed E-state index contributed by atoms with van der Waals surface area (Å²) < 4.78 is 24.6. The van der Waals surface area contributed by atoms with E-state index < -0.39 is 10.0 Å². The van der Waals surface area contributed by atoms with E-state index >= 15 is 0 Å². The second-order valence-corrected chi connectivity index (χ2v) is 6.42. The third kappa shape index (κ3) is 5.62. The number of nitrogens with one attached hydrogen (secondary N) is 2. The van der Waals surface area contributed by atoms with Crippen molar-refractivity contribution in [2.24, 2.45) is 0 Å². The van der Waals surface area contributed by atoms with Crippen molar-refractivity contribution in [1.82, 2.24) is 10.0 Å². The fourth-order valence-corrected chi connectivity index (χ4v) is 2.32. The standard InChI is InChI=1S/C13H22N2O2S/c1-12(13-6-4-3-5-7-13)8-9-15-10-11-18(16,17)14-2/h3-7,12,14-15H,8-11H2,1-2H3. The minimum absolute atomic E-state index is 0.128. The van der Waals surface area contributed by atoms with Gasteiger partial charge in [0.05, 0.1) is 5.75 Å². The number of sulfonamides is 1. The zero-order valence-electron chi connectivity index (χ0n) is 11.0. The van der Waals surface area contributed by atoms with Crippen molar-refractivity contribution in [2.45, 2.75) is 19.3 Å². The van der Waals surface area contributed by atoms with Crippen LogP contribution in [0.4, 0.5) is 0 Å². The molecule has 0 bridgehead atoms. The Hall–Kier alpha value is -0.910. The van der Waals surface area contributed by atoms with Gasteiger partial charge in [0.2, 0.25) is 10.0 Å². The molecule has 0 aliphatic carbocycles. The third-order valence-corrected chi connectivity index (χ3v) is 4.34. The molecule has 0 amide bonds. The number of rotatable bonds is 8. The molecule has 1 rings (SSSR count). The molecule has 0 aliphatic rings. The van der Waals surface area contributed by atoms with Gasteiger partial charge in [-0.3, -0.25) is 0 Å². The van der Waals surface area contributed by atoms with Crippen molar-refractivity contribution >= 4 is 10.0 Å². The van der Waals surface area contributed by atoms with E-state index in [1.54, 1.807) is 0 Å². The van der Waals surface area contributed by atoms with Crippen LogP contribution in [0.25, 0.3) is 0 Å². The average molecular weight is 270 g/mol. The summed E-state index contributed by atoms with van der Waals surface area (Å²) in [7, 11) is -1.65. The van der Waals surface area contributed by atoms with Gasteiger partial charge in [-0.15, -0.1) is 0 Å². The molecule has 0 fully saturated rings. The van der Waals surface area contributed by atoms with Gasteiger partial charge in [0.15, 0.2) is 0 Å². The van der Waals surface area contributed by atoms with Crippen molar-refractivity contribution in [3.05, 3.63) is 35.9 Å². The molecule has 0 saturated carbocycles. The molecule has 102 valence electrons. The van der Waals surface area contributed by atoms with Crippen LogP contribution in [0.15, 0.2) is 30.3 Å². The van der Waals surface area contributed by atoms with Crippen molar-refractivity contribution < 1.29 is 8.42 Å². The van der Waals surface area contributed by atoms with Gasteiger partial charge in [0.25, 0.3) is 0 Å². The molecule has 1 atom stereocenters. The van der Waals surface area contributed by atoms with Crippen LogP contribution in [0, 0.1) is 0 Å². The monoisotopic (exact) mass is 270 g/mol. The summed E-state index contributed by atoms with van der Waals surface area (Å²) in [5.74, 6) is 0.614. The summed E-state index contributed by atoms with van der Waals surface area (Å²) in [6, 6.07) is 10.3. The Kier molecular flexibility index (Phi) is 6.32. The molecule has 0 spiro atoms. The van der Waals surface area contributed by atoms with E-state index in [-0.39, 0.29) is 5.75 Å². The highest BCUT2D eigenvalue weighted by molar-refractivity contribution is 7.89. The van der Waals surface area contributed by atoms with Gasteiger partial charge < -0.3 is 5.32 Å². The smallest absolute Gasteiger partial charge is 0.212 e. The van der Waals surface area contributed by atoms with E-state index in [1.807, 2.05) is 18.2 Å². The van der Waals surface area contributed by atoms with Gasteiger partial charge in [-0.25, -0.2) is 13.1 Å². The van der Waals surface area contributed by atoms with E-state index in [9.17, 15) is 8.42 Å². The van der Waals surface area contributed by atoms with Crippen LogP contribution in [0.5, 0.6) is 0 Å². The van der Waals surface area contributed by atoms with Crippen molar-refractivity contribution in [3.8, 4) is 0 Å². The first kappa shape index (κ1) is 15.1. The topological polar surface area (TPSA) is 58.2 Å². The summed E-state index contributed by atoms with van der Waals surface area (Å²) in [5, 5.41) is 3.16. The number of hydrogen-bond acceptors (Lipinski definition) is 3. The van der Waals surface area contributed by atoms with E-state index in [0.29, 0.717) is 12.5 Å². The van der Waals surface area contributed by atoms with Crippen LogP contribution in [0.3, 0.4) is 0 Å². The van der Waals surface area contributed by atoms with Gasteiger partial charge in [-0.1, -0.05) is 37.3 Å². The average Bonchev–Trinajstić information content (AvgIpc) is 2.39. The van der Waals surface area contributed by atoms with E-state index in [0.717, 1.165) is 13.0 Å². The Morgan fingerprint density at radius 1 is 1.17 bits per heavy atom. The summed E-state index contributed by atoms with van der Waals surface area (Å²) in [4.78, 5) is 0. The molecule has 0 radical (unpaired) electrons. The van der Waals surface area contributed by atoms with Crippen LogP contribution >= 0.6 is 0 Å². The van der Waals surface area contributed by atoms with E-state index in [4.69, 9.17) is 0 Å². The van der Waals surface area contributed by atoms with Crippen molar-refractivity contribution in [1.29, 1.82) is 0 Å². The SMILES string of the molecule is CNS(=O)(=O)CCNCCC(C)c1ccccc1. The maximum atomic E-state index is 11.2. The predicted octanol–water partition coefficient (Wildman–Crippen LogP) is 1.32. The molecule has 1 aromatic carbocycles. The lowest BCUT2D eigenvalue weighted by Gasteiger charge is -2.12. The molecule has 1 unspecified atom stereocenters.